The Morgan fingerprint density at radius 2 is 1.59 bits per heavy atom. The summed E-state index contributed by atoms with van der Waals surface area (Å²) in [6.45, 7) is 4.83. The van der Waals surface area contributed by atoms with Crippen LogP contribution in [0.1, 0.15) is 79.9 Å². The number of rotatable bonds is 7. The van der Waals surface area contributed by atoms with Crippen LogP contribution in [0.15, 0.2) is 43.0 Å². The number of nitrogens with zero attached hydrogens (tertiary/aromatic N) is 4. The third kappa shape index (κ3) is 4.75. The molecule has 1 saturated carbocycles. The molecule has 6 rings (SSSR count). The van der Waals surface area contributed by atoms with Crippen molar-refractivity contribution in [2.45, 2.75) is 75.2 Å². The van der Waals surface area contributed by atoms with Gasteiger partial charge in [-0.2, -0.15) is 18.2 Å². The number of benzene rings is 1. The maximum Gasteiger partial charge on any atom is 0.416 e. The molecule has 3 fully saturated rings. The Kier molecular flexibility index (Phi) is 6.95. The summed E-state index contributed by atoms with van der Waals surface area (Å²) >= 11 is 0. The number of nitrogen functional groups attached to an aromatic ring is 1. The molecule has 0 bridgehead atoms. The molecule has 4 aliphatic rings. The lowest BCUT2D eigenvalue weighted by atomic mass is 9.79. The van der Waals surface area contributed by atoms with Crippen molar-refractivity contribution < 1.29 is 13.2 Å². The summed E-state index contributed by atoms with van der Waals surface area (Å²) in [6.07, 6.45) is 9.72. The first-order valence-electron chi connectivity index (χ1n) is 14.4. The number of alkyl halides is 3. The van der Waals surface area contributed by atoms with Crippen LogP contribution >= 0.6 is 0 Å². The van der Waals surface area contributed by atoms with Gasteiger partial charge in [-0.05, 0) is 68.3 Å². The van der Waals surface area contributed by atoms with E-state index in [4.69, 9.17) is 10.7 Å². The highest BCUT2D eigenvalue weighted by molar-refractivity contribution is 5.59. The minimum atomic E-state index is -4.32. The third-order valence-corrected chi connectivity index (χ3v) is 9.69. The molecule has 1 aliphatic carbocycles. The molecule has 0 atom stereocenters. The zero-order valence-corrected chi connectivity index (χ0v) is 22.4. The summed E-state index contributed by atoms with van der Waals surface area (Å²) < 4.78 is 40.1. The number of nitrogens with one attached hydrogen (secondary N) is 2. The van der Waals surface area contributed by atoms with E-state index in [2.05, 4.69) is 20.5 Å². The summed E-state index contributed by atoms with van der Waals surface area (Å²) in [5.41, 5.74) is 8.03. The molecule has 3 aliphatic heterocycles. The SMILES string of the molecule is Nc1ncnc([N+]2(C3(CCN4CCCC4)NC=CN3)CCC(c3ccc(C(F)(F)F)cc3)CC2)c1C1CCC1. The molecule has 0 amide bonds. The van der Waals surface area contributed by atoms with E-state index in [1.807, 2.05) is 12.4 Å². The van der Waals surface area contributed by atoms with Gasteiger partial charge in [0.15, 0.2) is 0 Å². The number of nitrogens with two attached hydrogens (primary N) is 1. The molecule has 0 spiro atoms. The van der Waals surface area contributed by atoms with Gasteiger partial charge in [-0.3, -0.25) is 0 Å². The number of likely N-dealkylation sites (tertiary alicyclic amines) is 2. The lowest BCUT2D eigenvalue weighted by molar-refractivity contribution is -0.137. The second-order valence-corrected chi connectivity index (χ2v) is 11.7. The molecule has 1 aromatic heterocycles. The van der Waals surface area contributed by atoms with Crippen LogP contribution in [0.2, 0.25) is 0 Å². The number of hydrogen-bond acceptors (Lipinski definition) is 6. The number of halogens is 3. The molecule has 2 saturated heterocycles. The van der Waals surface area contributed by atoms with E-state index < -0.39 is 17.5 Å². The Labute approximate surface area is 228 Å². The molecule has 39 heavy (non-hydrogen) atoms. The molecule has 0 radical (unpaired) electrons. The molecule has 4 N–H and O–H groups in total. The monoisotopic (exact) mass is 542 g/mol. The number of aromatic nitrogens is 2. The van der Waals surface area contributed by atoms with Gasteiger partial charge < -0.3 is 21.3 Å². The van der Waals surface area contributed by atoms with Gasteiger partial charge in [0.05, 0.1) is 30.6 Å². The average molecular weight is 543 g/mol. The fraction of sp³-hybridized carbons (Fsp3) is 0.586. The van der Waals surface area contributed by atoms with Crippen molar-refractivity contribution in [3.63, 3.8) is 0 Å². The van der Waals surface area contributed by atoms with E-state index in [1.165, 1.54) is 31.4 Å². The van der Waals surface area contributed by atoms with Crippen LogP contribution in [-0.2, 0) is 6.18 Å². The highest BCUT2D eigenvalue weighted by Crippen LogP contribution is 2.49. The van der Waals surface area contributed by atoms with E-state index in [0.717, 1.165) is 81.8 Å². The van der Waals surface area contributed by atoms with Crippen LogP contribution in [0.3, 0.4) is 0 Å². The van der Waals surface area contributed by atoms with Crippen molar-refractivity contribution in [2.75, 3.05) is 38.5 Å². The van der Waals surface area contributed by atoms with Crippen LogP contribution in [-0.4, -0.2) is 53.4 Å². The first kappa shape index (κ1) is 26.4. The molecule has 10 heteroatoms. The van der Waals surface area contributed by atoms with Crippen molar-refractivity contribution in [3.8, 4) is 0 Å². The predicted octanol–water partition coefficient (Wildman–Crippen LogP) is 5.03. The summed E-state index contributed by atoms with van der Waals surface area (Å²) in [4.78, 5) is 11.9. The minimum absolute atomic E-state index is 0.190. The van der Waals surface area contributed by atoms with Gasteiger partial charge in [0.25, 0.3) is 5.79 Å². The average Bonchev–Trinajstić information content (AvgIpc) is 3.60. The fourth-order valence-corrected chi connectivity index (χ4v) is 7.22. The topological polar surface area (TPSA) is 79.1 Å². The predicted molar refractivity (Wildman–Crippen MR) is 146 cm³/mol. The fourth-order valence-electron chi connectivity index (χ4n) is 7.22. The van der Waals surface area contributed by atoms with Gasteiger partial charge in [-0.1, -0.05) is 18.6 Å². The number of anilines is 1. The molecular formula is C29H39F3N7+. The van der Waals surface area contributed by atoms with Crippen molar-refractivity contribution >= 4 is 11.6 Å². The quantitative estimate of drug-likeness (QED) is 0.426. The van der Waals surface area contributed by atoms with Gasteiger partial charge in [0.1, 0.15) is 12.1 Å². The largest absolute Gasteiger partial charge is 0.416 e. The number of hydrogen-bond donors (Lipinski definition) is 3. The van der Waals surface area contributed by atoms with E-state index in [1.54, 1.807) is 18.5 Å². The highest BCUT2D eigenvalue weighted by Gasteiger charge is 2.57. The second-order valence-electron chi connectivity index (χ2n) is 11.7. The summed E-state index contributed by atoms with van der Waals surface area (Å²) in [7, 11) is 0. The second kappa shape index (κ2) is 10.3. The van der Waals surface area contributed by atoms with Crippen LogP contribution in [0, 0.1) is 0 Å². The Bertz CT molecular complexity index is 1170. The molecule has 210 valence electrons. The Balaban J connectivity index is 1.35. The maximum atomic E-state index is 13.2. The standard InChI is InChI=1S/C29H39F3N7/c30-29(31,32)24-8-6-21(7-9-24)22-10-18-39(19-11-22,27-25(23-4-3-5-23)26(33)34-20-35-27)28(36-13-14-37-28)12-17-38-15-1-2-16-38/h6-9,13-14,20,22-23,36-37H,1-5,10-12,15-19H2,(H2,33,34,35)/q+1. The summed E-state index contributed by atoms with van der Waals surface area (Å²) in [5.74, 6) is 1.66. The van der Waals surface area contributed by atoms with E-state index in [9.17, 15) is 13.2 Å². The van der Waals surface area contributed by atoms with Crippen molar-refractivity contribution in [3.05, 3.63) is 59.7 Å². The summed E-state index contributed by atoms with van der Waals surface area (Å²) in [5, 5.41) is 7.46. The Hall–Kier alpha value is -2.85. The maximum absolute atomic E-state index is 13.2. The molecule has 0 unspecified atom stereocenters. The number of piperidine rings is 1. The zero-order valence-electron chi connectivity index (χ0n) is 22.4. The zero-order chi connectivity index (χ0) is 27.1. The van der Waals surface area contributed by atoms with Crippen LogP contribution < -0.4 is 20.9 Å². The van der Waals surface area contributed by atoms with Crippen LogP contribution in [0.5, 0.6) is 0 Å². The molecule has 7 nitrogen and oxygen atoms in total. The molecule has 1 aromatic carbocycles. The number of quaternary nitrogens is 1. The molecular weight excluding hydrogens is 503 g/mol. The Morgan fingerprint density at radius 3 is 2.18 bits per heavy atom. The van der Waals surface area contributed by atoms with Crippen molar-refractivity contribution in [2.24, 2.45) is 0 Å². The van der Waals surface area contributed by atoms with Gasteiger partial charge in [-0.25, -0.2) is 9.47 Å². The minimum Gasteiger partial charge on any atom is -0.383 e. The van der Waals surface area contributed by atoms with Gasteiger partial charge in [0, 0.05) is 31.8 Å². The summed E-state index contributed by atoms with van der Waals surface area (Å²) in [6, 6.07) is 5.75. The van der Waals surface area contributed by atoms with Crippen molar-refractivity contribution in [1.82, 2.24) is 30.0 Å². The first-order chi connectivity index (χ1) is 18.8. The van der Waals surface area contributed by atoms with Gasteiger partial charge >= 0.3 is 6.18 Å². The normalized spacial score (nSPS) is 27.2. The molecule has 2 aromatic rings. The van der Waals surface area contributed by atoms with E-state index >= 15 is 0 Å². The highest BCUT2D eigenvalue weighted by atomic mass is 19.4. The van der Waals surface area contributed by atoms with Crippen LogP contribution in [0.25, 0.3) is 0 Å². The van der Waals surface area contributed by atoms with Crippen LogP contribution in [0.4, 0.5) is 24.8 Å². The Morgan fingerprint density at radius 1 is 0.923 bits per heavy atom. The van der Waals surface area contributed by atoms with Gasteiger partial charge in [0.2, 0.25) is 5.82 Å². The van der Waals surface area contributed by atoms with E-state index in [0.29, 0.717) is 16.2 Å². The lowest BCUT2D eigenvalue weighted by Crippen LogP contribution is -2.78. The molecule has 4 heterocycles. The smallest absolute Gasteiger partial charge is 0.383 e. The van der Waals surface area contributed by atoms with Gasteiger partial charge in [-0.15, -0.1) is 0 Å². The van der Waals surface area contributed by atoms with E-state index in [-0.39, 0.29) is 5.92 Å². The third-order valence-electron chi connectivity index (χ3n) is 9.69. The lowest BCUT2D eigenvalue weighted by Gasteiger charge is -2.54. The first-order valence-corrected chi connectivity index (χ1v) is 14.4. The van der Waals surface area contributed by atoms with Crippen molar-refractivity contribution in [1.29, 1.82) is 0 Å².